The molecule has 1 N–H and O–H groups in total. The van der Waals surface area contributed by atoms with Gasteiger partial charge in [-0.3, -0.25) is 9.59 Å². The summed E-state index contributed by atoms with van der Waals surface area (Å²) in [5, 5.41) is 10.7. The van der Waals surface area contributed by atoms with Crippen molar-refractivity contribution in [2.24, 2.45) is 56.7 Å². The molecule has 5 aliphatic carbocycles. The molecule has 0 spiro atoms. The average Bonchev–Trinajstić information content (AvgIpc) is 3.09. The van der Waals surface area contributed by atoms with Gasteiger partial charge in [0.15, 0.2) is 0 Å². The Morgan fingerprint density at radius 3 is 1.87 bits per heavy atom. The molecule has 4 nitrogen and oxygen atoms in total. The fraction of sp³-hybridized carbons (Fsp3) is 0.917. The van der Waals surface area contributed by atoms with Gasteiger partial charge in [-0.2, -0.15) is 0 Å². The van der Waals surface area contributed by atoms with Crippen LogP contribution in [0.1, 0.15) is 216 Å². The Morgan fingerprint density at radius 1 is 0.712 bits per heavy atom. The van der Waals surface area contributed by atoms with Gasteiger partial charge in [0, 0.05) is 11.8 Å². The first-order valence-electron chi connectivity index (χ1n) is 22.8. The van der Waals surface area contributed by atoms with E-state index in [0.29, 0.717) is 30.1 Å². The van der Waals surface area contributed by atoms with Crippen molar-refractivity contribution >= 4 is 11.9 Å². The molecule has 298 valence electrons. The number of carboxylic acid groups (broad SMARTS) is 1. The zero-order valence-electron chi connectivity index (χ0n) is 35.4. The number of allylic oxidation sites excluding steroid dienone is 2. The summed E-state index contributed by atoms with van der Waals surface area (Å²) in [4.78, 5) is 26.3. The van der Waals surface area contributed by atoms with Crippen LogP contribution < -0.4 is 0 Å². The highest BCUT2D eigenvalue weighted by atomic mass is 16.5. The first kappa shape index (κ1) is 41.8. The van der Waals surface area contributed by atoms with Gasteiger partial charge in [0.2, 0.25) is 0 Å². The van der Waals surface area contributed by atoms with Crippen LogP contribution in [-0.4, -0.2) is 23.1 Å². The predicted octanol–water partition coefficient (Wildman–Crippen LogP) is 13.9. The van der Waals surface area contributed by atoms with Gasteiger partial charge in [0.1, 0.15) is 6.10 Å². The van der Waals surface area contributed by atoms with Crippen LogP contribution in [0.5, 0.6) is 0 Å². The van der Waals surface area contributed by atoms with E-state index < -0.39 is 11.4 Å². The molecule has 0 bridgehead atoms. The number of hydrogen-bond acceptors (Lipinski definition) is 3. The SMILES string of the molecule is CCCCCCCCCCCCCCCCCC(=O)O[C@H]1CC[C@@]2(C)C(CC[C@]3(C)[C@@H]2CC=C2[C@@H]4[C@@H](C)[C@H](C)CC[C@]4(C(=O)O)CC[C@]23C)C1(C)C. The second kappa shape index (κ2) is 17.2. The number of aliphatic carboxylic acids is 1. The second-order valence-electron chi connectivity index (χ2n) is 20.6. The standard InChI is InChI=1S/C48H82O4/c1-9-10-11-12-13-14-15-16-17-18-19-20-21-22-23-24-41(49)52-40-29-30-45(6)38(44(40,4)5)28-31-47(8)39(45)26-25-37-42-36(3)35(2)27-32-48(42,43(50)51)34-33-46(37,47)7/h25,35-36,38-40,42H,9-24,26-34H2,1-8H3,(H,50,51)/t35-,36+,38?,39-,40+,42+,45+,46-,47-,48+/m1/s1. The molecule has 0 amide bonds. The third-order valence-electron chi connectivity index (χ3n) is 17.6. The highest BCUT2D eigenvalue weighted by Crippen LogP contribution is 2.76. The molecule has 1 unspecified atom stereocenters. The minimum Gasteiger partial charge on any atom is -0.481 e. The zero-order valence-corrected chi connectivity index (χ0v) is 35.4. The summed E-state index contributed by atoms with van der Waals surface area (Å²) in [6.45, 7) is 19.6. The quantitative estimate of drug-likeness (QED) is 0.0869. The largest absolute Gasteiger partial charge is 0.481 e. The lowest BCUT2D eigenvalue weighted by atomic mass is 9.33. The van der Waals surface area contributed by atoms with Crippen LogP contribution in [0.2, 0.25) is 0 Å². The highest BCUT2D eigenvalue weighted by molar-refractivity contribution is 5.76. The molecule has 5 rings (SSSR count). The van der Waals surface area contributed by atoms with Crippen molar-refractivity contribution in [1.29, 1.82) is 0 Å². The minimum atomic E-state index is -0.585. The Bertz CT molecular complexity index is 1230. The summed E-state index contributed by atoms with van der Waals surface area (Å²) in [7, 11) is 0. The molecule has 0 aromatic rings. The van der Waals surface area contributed by atoms with Crippen LogP contribution in [-0.2, 0) is 14.3 Å². The maximum atomic E-state index is 13.2. The lowest BCUT2D eigenvalue weighted by molar-refractivity contribution is -0.214. The topological polar surface area (TPSA) is 63.6 Å². The minimum absolute atomic E-state index is 0.000471. The third-order valence-corrected chi connectivity index (χ3v) is 17.6. The maximum Gasteiger partial charge on any atom is 0.310 e. The van der Waals surface area contributed by atoms with E-state index in [1.54, 1.807) is 0 Å². The van der Waals surface area contributed by atoms with E-state index in [4.69, 9.17) is 4.74 Å². The van der Waals surface area contributed by atoms with Gasteiger partial charge in [-0.15, -0.1) is 0 Å². The summed E-state index contributed by atoms with van der Waals surface area (Å²) in [5.74, 6) is 1.69. The van der Waals surface area contributed by atoms with E-state index in [1.807, 2.05) is 0 Å². The van der Waals surface area contributed by atoms with Gasteiger partial charge in [-0.05, 0) is 110 Å². The number of carboxylic acids is 1. The van der Waals surface area contributed by atoms with E-state index in [0.717, 1.165) is 57.8 Å². The third kappa shape index (κ3) is 7.86. The van der Waals surface area contributed by atoms with Gasteiger partial charge in [0.05, 0.1) is 5.41 Å². The van der Waals surface area contributed by atoms with Crippen molar-refractivity contribution in [2.45, 2.75) is 222 Å². The molecule has 5 aliphatic rings. The lowest BCUT2D eigenvalue weighted by Gasteiger charge is -2.71. The van der Waals surface area contributed by atoms with Crippen LogP contribution in [0.25, 0.3) is 0 Å². The van der Waals surface area contributed by atoms with Crippen LogP contribution in [0.3, 0.4) is 0 Å². The van der Waals surface area contributed by atoms with Crippen LogP contribution >= 0.6 is 0 Å². The second-order valence-corrected chi connectivity index (χ2v) is 20.6. The fourth-order valence-corrected chi connectivity index (χ4v) is 13.9. The summed E-state index contributed by atoms with van der Waals surface area (Å²) >= 11 is 0. The van der Waals surface area contributed by atoms with Crippen LogP contribution in [0.15, 0.2) is 11.6 Å². The van der Waals surface area contributed by atoms with Crippen molar-refractivity contribution in [2.75, 3.05) is 0 Å². The van der Waals surface area contributed by atoms with E-state index >= 15 is 0 Å². The number of esters is 1. The van der Waals surface area contributed by atoms with E-state index in [1.165, 1.54) is 102 Å². The first-order valence-corrected chi connectivity index (χ1v) is 22.8. The maximum absolute atomic E-state index is 13.2. The highest BCUT2D eigenvalue weighted by Gasteiger charge is 2.69. The molecule has 4 heteroatoms. The van der Waals surface area contributed by atoms with Gasteiger partial charge in [-0.1, -0.05) is 157 Å². The molecular formula is C48H82O4. The summed E-state index contributed by atoms with van der Waals surface area (Å²) < 4.78 is 6.39. The number of unbranched alkanes of at least 4 members (excludes halogenated alkanes) is 14. The van der Waals surface area contributed by atoms with Crippen LogP contribution in [0.4, 0.5) is 0 Å². The van der Waals surface area contributed by atoms with Crippen molar-refractivity contribution < 1.29 is 19.4 Å². The summed E-state index contributed by atoms with van der Waals surface area (Å²) in [6.07, 6.45) is 32.4. The van der Waals surface area contributed by atoms with Crippen LogP contribution in [0, 0.1) is 56.7 Å². The normalized spacial score (nSPS) is 39.3. The average molecular weight is 723 g/mol. The Morgan fingerprint density at radius 2 is 1.29 bits per heavy atom. The van der Waals surface area contributed by atoms with E-state index in [2.05, 4.69) is 61.5 Å². The monoisotopic (exact) mass is 723 g/mol. The van der Waals surface area contributed by atoms with Crippen molar-refractivity contribution in [1.82, 2.24) is 0 Å². The van der Waals surface area contributed by atoms with Crippen molar-refractivity contribution in [3.8, 4) is 0 Å². The number of carbonyl (C=O) groups is 2. The molecule has 0 heterocycles. The summed E-state index contributed by atoms with van der Waals surface area (Å²) in [6, 6.07) is 0. The molecule has 0 aromatic carbocycles. The van der Waals surface area contributed by atoms with E-state index in [9.17, 15) is 14.7 Å². The molecule has 10 atom stereocenters. The lowest BCUT2D eigenvalue weighted by Crippen LogP contribution is -2.65. The van der Waals surface area contributed by atoms with Gasteiger partial charge in [-0.25, -0.2) is 0 Å². The molecule has 0 aromatic heterocycles. The number of carbonyl (C=O) groups excluding carboxylic acids is 1. The van der Waals surface area contributed by atoms with Crippen molar-refractivity contribution in [3.05, 3.63) is 11.6 Å². The van der Waals surface area contributed by atoms with Crippen molar-refractivity contribution in [3.63, 3.8) is 0 Å². The Hall–Kier alpha value is -1.32. The Balaban J connectivity index is 1.10. The number of ether oxygens (including phenoxy) is 1. The molecule has 4 saturated carbocycles. The zero-order chi connectivity index (χ0) is 37.8. The molecule has 4 fully saturated rings. The molecule has 52 heavy (non-hydrogen) atoms. The Kier molecular flexibility index (Phi) is 13.9. The molecule has 0 aliphatic heterocycles. The number of rotatable bonds is 18. The van der Waals surface area contributed by atoms with Gasteiger partial charge >= 0.3 is 11.9 Å². The summed E-state index contributed by atoms with van der Waals surface area (Å²) in [5.41, 5.74) is 1.26. The predicted molar refractivity (Wildman–Crippen MR) is 216 cm³/mol. The van der Waals surface area contributed by atoms with Gasteiger partial charge in [0.25, 0.3) is 0 Å². The molecular weight excluding hydrogens is 641 g/mol. The smallest absolute Gasteiger partial charge is 0.310 e. The first-order chi connectivity index (χ1) is 24.7. The number of hydrogen-bond donors (Lipinski definition) is 1. The van der Waals surface area contributed by atoms with Gasteiger partial charge < -0.3 is 9.84 Å². The number of fused-ring (bicyclic) bond motifs is 7. The molecule has 0 saturated heterocycles. The Labute approximate surface area is 320 Å². The fourth-order valence-electron chi connectivity index (χ4n) is 13.9. The van der Waals surface area contributed by atoms with E-state index in [-0.39, 0.29) is 39.7 Å². The molecule has 0 radical (unpaired) electrons.